The van der Waals surface area contributed by atoms with Crippen LogP contribution in [0.2, 0.25) is 0 Å². The molecule has 1 saturated heterocycles. The highest BCUT2D eigenvalue weighted by Gasteiger charge is 2.23. The van der Waals surface area contributed by atoms with Crippen LogP contribution < -0.4 is 10.1 Å². The SMILES string of the molecule is Cc1cc(C(=O)N2CCC(C)CC2)nc(Nc2ccccc2OC(C)C)n1. The quantitative estimate of drug-likeness (QED) is 0.857. The van der Waals surface area contributed by atoms with Crippen molar-refractivity contribution >= 4 is 17.5 Å². The van der Waals surface area contributed by atoms with Crippen LogP contribution >= 0.6 is 0 Å². The summed E-state index contributed by atoms with van der Waals surface area (Å²) in [5, 5.41) is 3.21. The van der Waals surface area contributed by atoms with Gasteiger partial charge in [-0.2, -0.15) is 0 Å². The van der Waals surface area contributed by atoms with Crippen LogP contribution in [0.25, 0.3) is 0 Å². The summed E-state index contributed by atoms with van der Waals surface area (Å²) in [5.74, 6) is 1.79. The lowest BCUT2D eigenvalue weighted by Crippen LogP contribution is -2.38. The van der Waals surface area contributed by atoms with Gasteiger partial charge in [-0.3, -0.25) is 4.79 Å². The van der Waals surface area contributed by atoms with Crippen LogP contribution in [0.4, 0.5) is 11.6 Å². The predicted molar refractivity (Wildman–Crippen MR) is 107 cm³/mol. The van der Waals surface area contributed by atoms with Gasteiger partial charge in [0.25, 0.3) is 5.91 Å². The third-order valence-electron chi connectivity index (χ3n) is 4.64. The molecule has 0 atom stereocenters. The Morgan fingerprint density at radius 3 is 2.63 bits per heavy atom. The van der Waals surface area contributed by atoms with Gasteiger partial charge in [0.1, 0.15) is 11.4 Å². The van der Waals surface area contributed by atoms with E-state index in [1.165, 1.54) is 0 Å². The Hall–Kier alpha value is -2.63. The molecule has 1 fully saturated rings. The Kier molecular flexibility index (Phi) is 5.94. The number of piperidine rings is 1. The van der Waals surface area contributed by atoms with E-state index in [-0.39, 0.29) is 12.0 Å². The fraction of sp³-hybridized carbons (Fsp3) is 0.476. The largest absolute Gasteiger partial charge is 0.489 e. The molecule has 27 heavy (non-hydrogen) atoms. The maximum Gasteiger partial charge on any atom is 0.272 e. The highest BCUT2D eigenvalue weighted by Crippen LogP contribution is 2.27. The second-order valence-electron chi connectivity index (χ2n) is 7.48. The van der Waals surface area contributed by atoms with Crippen LogP contribution in [0.3, 0.4) is 0 Å². The number of nitrogens with one attached hydrogen (secondary N) is 1. The smallest absolute Gasteiger partial charge is 0.272 e. The number of amides is 1. The summed E-state index contributed by atoms with van der Waals surface area (Å²) >= 11 is 0. The number of likely N-dealkylation sites (tertiary alicyclic amines) is 1. The number of aryl methyl sites for hydroxylation is 1. The molecule has 1 aromatic heterocycles. The molecular formula is C21H28N4O2. The van der Waals surface area contributed by atoms with Gasteiger partial charge >= 0.3 is 0 Å². The normalized spacial score (nSPS) is 15.1. The van der Waals surface area contributed by atoms with E-state index in [0.29, 0.717) is 17.6 Å². The fourth-order valence-corrected chi connectivity index (χ4v) is 3.15. The molecule has 3 rings (SSSR count). The molecule has 0 bridgehead atoms. The second-order valence-corrected chi connectivity index (χ2v) is 7.48. The number of rotatable bonds is 5. The molecule has 0 radical (unpaired) electrons. The first kappa shape index (κ1) is 19.1. The molecular weight excluding hydrogens is 340 g/mol. The molecule has 1 aliphatic heterocycles. The number of ether oxygens (including phenoxy) is 1. The first-order valence-electron chi connectivity index (χ1n) is 9.60. The molecule has 0 aliphatic carbocycles. The van der Waals surface area contributed by atoms with Crippen molar-refractivity contribution in [2.45, 2.75) is 46.6 Å². The van der Waals surface area contributed by atoms with Crippen LogP contribution in [0, 0.1) is 12.8 Å². The lowest BCUT2D eigenvalue weighted by atomic mass is 9.99. The summed E-state index contributed by atoms with van der Waals surface area (Å²) in [6.07, 6.45) is 2.15. The van der Waals surface area contributed by atoms with Gasteiger partial charge in [-0.1, -0.05) is 19.1 Å². The van der Waals surface area contributed by atoms with E-state index in [1.54, 1.807) is 6.07 Å². The molecule has 1 aliphatic rings. The first-order chi connectivity index (χ1) is 12.9. The van der Waals surface area contributed by atoms with Crippen molar-refractivity contribution in [1.82, 2.24) is 14.9 Å². The van der Waals surface area contributed by atoms with Crippen LogP contribution in [-0.2, 0) is 0 Å². The summed E-state index contributed by atoms with van der Waals surface area (Å²) < 4.78 is 5.84. The Morgan fingerprint density at radius 2 is 1.93 bits per heavy atom. The Balaban J connectivity index is 1.81. The van der Waals surface area contributed by atoms with Crippen molar-refractivity contribution in [2.24, 2.45) is 5.92 Å². The summed E-state index contributed by atoms with van der Waals surface area (Å²) in [4.78, 5) is 23.7. The third-order valence-corrected chi connectivity index (χ3v) is 4.64. The van der Waals surface area contributed by atoms with Crippen molar-refractivity contribution in [3.8, 4) is 5.75 Å². The summed E-state index contributed by atoms with van der Waals surface area (Å²) in [5.41, 5.74) is 1.97. The Labute approximate surface area is 161 Å². The highest BCUT2D eigenvalue weighted by molar-refractivity contribution is 5.92. The molecule has 1 N–H and O–H groups in total. The van der Waals surface area contributed by atoms with Crippen molar-refractivity contribution < 1.29 is 9.53 Å². The van der Waals surface area contributed by atoms with E-state index in [0.717, 1.165) is 43.1 Å². The molecule has 1 amide bonds. The molecule has 1 aromatic carbocycles. The summed E-state index contributed by atoms with van der Waals surface area (Å²) in [7, 11) is 0. The number of nitrogens with zero attached hydrogens (tertiary/aromatic N) is 3. The number of benzene rings is 1. The summed E-state index contributed by atoms with van der Waals surface area (Å²) in [6.45, 7) is 9.65. The van der Waals surface area contributed by atoms with Crippen molar-refractivity contribution in [3.05, 3.63) is 41.7 Å². The molecule has 144 valence electrons. The van der Waals surface area contributed by atoms with Gasteiger partial charge in [0.05, 0.1) is 11.8 Å². The van der Waals surface area contributed by atoms with E-state index in [4.69, 9.17) is 4.74 Å². The minimum atomic E-state index is -0.0258. The zero-order valence-electron chi connectivity index (χ0n) is 16.5. The Morgan fingerprint density at radius 1 is 1.22 bits per heavy atom. The fourth-order valence-electron chi connectivity index (χ4n) is 3.15. The van der Waals surface area contributed by atoms with Gasteiger partial charge < -0.3 is 15.0 Å². The molecule has 0 spiro atoms. The molecule has 6 heteroatoms. The number of carbonyl (C=O) groups excluding carboxylic acids is 1. The minimum Gasteiger partial charge on any atom is -0.489 e. The first-order valence-corrected chi connectivity index (χ1v) is 9.60. The van der Waals surface area contributed by atoms with Gasteiger partial charge in [0, 0.05) is 18.8 Å². The van der Waals surface area contributed by atoms with Crippen molar-refractivity contribution in [1.29, 1.82) is 0 Å². The predicted octanol–water partition coefficient (Wildman–Crippen LogP) is 4.19. The minimum absolute atomic E-state index is 0.0258. The number of para-hydroxylation sites is 2. The van der Waals surface area contributed by atoms with Crippen molar-refractivity contribution in [2.75, 3.05) is 18.4 Å². The maximum absolute atomic E-state index is 12.9. The van der Waals surface area contributed by atoms with Gasteiger partial charge in [0.15, 0.2) is 0 Å². The number of hydrogen-bond acceptors (Lipinski definition) is 5. The standard InChI is InChI=1S/C21H28N4O2/c1-14(2)27-19-8-6-5-7-17(19)23-21-22-16(4)13-18(24-21)20(26)25-11-9-15(3)10-12-25/h5-8,13-15H,9-12H2,1-4H3,(H,22,23,24). The monoisotopic (exact) mass is 368 g/mol. The lowest BCUT2D eigenvalue weighted by molar-refractivity contribution is 0.0691. The molecule has 2 aromatic rings. The maximum atomic E-state index is 12.9. The third kappa shape index (κ3) is 4.96. The van der Waals surface area contributed by atoms with Crippen LogP contribution in [0.1, 0.15) is 49.8 Å². The van der Waals surface area contributed by atoms with Crippen LogP contribution in [0.15, 0.2) is 30.3 Å². The molecule has 0 saturated carbocycles. The van der Waals surface area contributed by atoms with Crippen LogP contribution in [0.5, 0.6) is 5.75 Å². The van der Waals surface area contributed by atoms with E-state index in [2.05, 4.69) is 22.2 Å². The summed E-state index contributed by atoms with van der Waals surface area (Å²) in [6, 6.07) is 9.41. The number of anilines is 2. The van der Waals surface area contributed by atoms with E-state index in [9.17, 15) is 4.79 Å². The number of aromatic nitrogens is 2. The van der Waals surface area contributed by atoms with Crippen LogP contribution in [-0.4, -0.2) is 40.0 Å². The van der Waals surface area contributed by atoms with Gasteiger partial charge in [-0.05, 0) is 57.7 Å². The number of carbonyl (C=O) groups is 1. The zero-order chi connectivity index (χ0) is 19.4. The molecule has 6 nitrogen and oxygen atoms in total. The highest BCUT2D eigenvalue weighted by atomic mass is 16.5. The lowest BCUT2D eigenvalue weighted by Gasteiger charge is -2.30. The van der Waals surface area contributed by atoms with Crippen molar-refractivity contribution in [3.63, 3.8) is 0 Å². The van der Waals surface area contributed by atoms with Gasteiger partial charge in [-0.25, -0.2) is 9.97 Å². The van der Waals surface area contributed by atoms with E-state index >= 15 is 0 Å². The van der Waals surface area contributed by atoms with E-state index in [1.807, 2.05) is 49.9 Å². The molecule has 0 unspecified atom stereocenters. The molecule has 2 heterocycles. The second kappa shape index (κ2) is 8.37. The zero-order valence-corrected chi connectivity index (χ0v) is 16.5. The topological polar surface area (TPSA) is 67.4 Å². The average molecular weight is 368 g/mol. The Bertz CT molecular complexity index is 799. The number of hydrogen-bond donors (Lipinski definition) is 1. The van der Waals surface area contributed by atoms with Gasteiger partial charge in [-0.15, -0.1) is 0 Å². The van der Waals surface area contributed by atoms with E-state index < -0.39 is 0 Å². The van der Waals surface area contributed by atoms with Gasteiger partial charge in [0.2, 0.25) is 5.95 Å². The average Bonchev–Trinajstić information content (AvgIpc) is 2.62.